The van der Waals surface area contributed by atoms with Crippen LogP contribution >= 0.6 is 0 Å². The Morgan fingerprint density at radius 2 is 1.88 bits per heavy atom. The quantitative estimate of drug-likeness (QED) is 0.675. The Hall–Kier alpha value is -2.13. The first-order chi connectivity index (χ1) is 15.3. The maximum atomic E-state index is 11.8. The summed E-state index contributed by atoms with van der Waals surface area (Å²) in [6.07, 6.45) is 6.33. The topological polar surface area (TPSA) is 95.8 Å². The smallest absolute Gasteiger partial charge is 0.235 e. The highest BCUT2D eigenvalue weighted by Crippen LogP contribution is 2.29. The summed E-state index contributed by atoms with van der Waals surface area (Å²) < 4.78 is 28.0. The number of sulfone groups is 1. The monoisotopic (exact) mass is 462 g/mol. The molecule has 2 fully saturated rings. The standard InChI is InChI=1S/C23H34N4O4S/c1-17-3-8-20-21(15-17)31-25-23(20)27-13-11-26(12-14-27)10-9-18-4-6-19(7-5-18)24-22(28)16-32(2,29)30/h3,8,15,18-19H,4-7,9-14,16H2,1-2H3,(H,24,28). The van der Waals surface area contributed by atoms with Crippen molar-refractivity contribution in [1.82, 2.24) is 15.4 Å². The molecule has 0 atom stereocenters. The van der Waals surface area contributed by atoms with Gasteiger partial charge in [0.15, 0.2) is 21.2 Å². The van der Waals surface area contributed by atoms with Crippen LogP contribution in [0.4, 0.5) is 5.82 Å². The minimum Gasteiger partial charge on any atom is -0.354 e. The number of aryl methyl sites for hydroxylation is 1. The van der Waals surface area contributed by atoms with Crippen LogP contribution in [0.25, 0.3) is 11.0 Å². The Kier molecular flexibility index (Phi) is 7.05. The molecule has 0 unspecified atom stereocenters. The number of amides is 1. The van der Waals surface area contributed by atoms with Gasteiger partial charge in [0.25, 0.3) is 0 Å². The number of anilines is 1. The summed E-state index contributed by atoms with van der Waals surface area (Å²) in [6, 6.07) is 6.35. The molecule has 1 saturated carbocycles. The van der Waals surface area contributed by atoms with Crippen molar-refractivity contribution in [2.24, 2.45) is 5.92 Å². The summed E-state index contributed by atoms with van der Waals surface area (Å²) in [4.78, 5) is 16.7. The lowest BCUT2D eigenvalue weighted by Gasteiger charge is -2.36. The summed E-state index contributed by atoms with van der Waals surface area (Å²) in [7, 11) is -3.27. The van der Waals surface area contributed by atoms with Crippen molar-refractivity contribution in [3.05, 3.63) is 23.8 Å². The van der Waals surface area contributed by atoms with Gasteiger partial charge in [0.05, 0.1) is 5.39 Å². The van der Waals surface area contributed by atoms with E-state index in [2.05, 4.69) is 39.3 Å². The summed E-state index contributed by atoms with van der Waals surface area (Å²) in [5.41, 5.74) is 2.03. The fourth-order valence-corrected chi connectivity index (χ4v) is 5.47. The molecule has 2 heterocycles. The molecule has 1 amide bonds. The Bertz CT molecular complexity index is 1040. The maximum Gasteiger partial charge on any atom is 0.235 e. The first-order valence-corrected chi connectivity index (χ1v) is 13.6. The molecule has 4 rings (SSSR count). The normalized spacial score (nSPS) is 22.9. The van der Waals surface area contributed by atoms with Crippen molar-refractivity contribution in [2.75, 3.05) is 49.6 Å². The van der Waals surface area contributed by atoms with Gasteiger partial charge in [-0.3, -0.25) is 9.69 Å². The molecule has 1 aliphatic carbocycles. The molecule has 0 spiro atoms. The third kappa shape index (κ3) is 6.01. The highest BCUT2D eigenvalue weighted by molar-refractivity contribution is 7.91. The number of benzene rings is 1. The lowest BCUT2D eigenvalue weighted by molar-refractivity contribution is -0.119. The van der Waals surface area contributed by atoms with Crippen molar-refractivity contribution >= 4 is 32.5 Å². The predicted octanol–water partition coefficient (Wildman–Crippen LogP) is 2.37. The maximum absolute atomic E-state index is 11.8. The van der Waals surface area contributed by atoms with Crippen LogP contribution in [-0.4, -0.2) is 75.2 Å². The Balaban J connectivity index is 1.17. The highest BCUT2D eigenvalue weighted by atomic mass is 32.2. The number of piperazine rings is 1. The van der Waals surface area contributed by atoms with Crippen LogP contribution in [0.15, 0.2) is 22.7 Å². The van der Waals surface area contributed by atoms with E-state index in [-0.39, 0.29) is 11.9 Å². The second kappa shape index (κ2) is 9.79. The molecule has 32 heavy (non-hydrogen) atoms. The van der Waals surface area contributed by atoms with Crippen molar-refractivity contribution in [3.8, 4) is 0 Å². The second-order valence-corrected chi connectivity index (χ2v) is 11.6. The van der Waals surface area contributed by atoms with E-state index < -0.39 is 15.6 Å². The number of aromatic nitrogens is 1. The molecule has 2 aromatic rings. The molecule has 1 aliphatic heterocycles. The molecular weight excluding hydrogens is 428 g/mol. The van der Waals surface area contributed by atoms with Gasteiger partial charge in [-0.1, -0.05) is 11.2 Å². The van der Waals surface area contributed by atoms with Crippen LogP contribution in [0.3, 0.4) is 0 Å². The van der Waals surface area contributed by atoms with E-state index in [1.54, 1.807) is 0 Å². The minimum atomic E-state index is -3.27. The van der Waals surface area contributed by atoms with Crippen LogP contribution in [0.5, 0.6) is 0 Å². The number of hydrogen-bond donors (Lipinski definition) is 1. The average molecular weight is 463 g/mol. The van der Waals surface area contributed by atoms with Crippen LogP contribution in [0.2, 0.25) is 0 Å². The van der Waals surface area contributed by atoms with Gasteiger partial charge in [0, 0.05) is 38.5 Å². The van der Waals surface area contributed by atoms with Crippen molar-refractivity contribution in [3.63, 3.8) is 0 Å². The number of nitrogens with zero attached hydrogens (tertiary/aromatic N) is 3. The molecule has 176 valence electrons. The lowest BCUT2D eigenvalue weighted by atomic mass is 9.84. The molecular formula is C23H34N4O4S. The molecule has 9 heteroatoms. The number of rotatable bonds is 7. The van der Waals surface area contributed by atoms with Crippen molar-refractivity contribution in [1.29, 1.82) is 0 Å². The molecule has 1 aromatic carbocycles. The summed E-state index contributed by atoms with van der Waals surface area (Å²) in [5.74, 6) is 0.849. The van der Waals surface area contributed by atoms with Crippen LogP contribution in [-0.2, 0) is 14.6 Å². The van der Waals surface area contributed by atoms with Gasteiger partial charge in [-0.15, -0.1) is 0 Å². The fraction of sp³-hybridized carbons (Fsp3) is 0.652. The number of hydrogen-bond acceptors (Lipinski definition) is 7. The Morgan fingerprint density at radius 1 is 1.16 bits per heavy atom. The molecule has 8 nitrogen and oxygen atoms in total. The van der Waals surface area contributed by atoms with Crippen LogP contribution < -0.4 is 10.2 Å². The minimum absolute atomic E-state index is 0.116. The van der Waals surface area contributed by atoms with E-state index in [4.69, 9.17) is 4.52 Å². The molecule has 1 N–H and O–H groups in total. The zero-order valence-electron chi connectivity index (χ0n) is 19.0. The summed E-state index contributed by atoms with van der Waals surface area (Å²) in [5, 5.41) is 8.30. The van der Waals surface area contributed by atoms with Crippen LogP contribution in [0.1, 0.15) is 37.7 Å². The van der Waals surface area contributed by atoms with Gasteiger partial charge in [-0.05, 0) is 69.2 Å². The molecule has 2 aliphatic rings. The lowest BCUT2D eigenvalue weighted by Crippen LogP contribution is -2.47. The third-order valence-corrected chi connectivity index (χ3v) is 7.53. The summed E-state index contributed by atoms with van der Waals surface area (Å²) >= 11 is 0. The SMILES string of the molecule is Cc1ccc2c(N3CCN(CCC4CCC(NC(=O)CS(C)(=O)=O)CC4)CC3)noc2c1. The Labute approximate surface area is 190 Å². The van der Waals surface area contributed by atoms with Gasteiger partial charge in [0.2, 0.25) is 5.91 Å². The highest BCUT2D eigenvalue weighted by Gasteiger charge is 2.25. The number of carbonyl (C=O) groups is 1. The molecule has 1 saturated heterocycles. The van der Waals surface area contributed by atoms with E-state index in [1.165, 1.54) is 12.0 Å². The van der Waals surface area contributed by atoms with Gasteiger partial charge in [-0.2, -0.15) is 0 Å². The van der Waals surface area contributed by atoms with Gasteiger partial charge in [0.1, 0.15) is 5.75 Å². The second-order valence-electron chi connectivity index (χ2n) is 9.48. The van der Waals surface area contributed by atoms with Gasteiger partial charge >= 0.3 is 0 Å². The van der Waals surface area contributed by atoms with Crippen molar-refractivity contribution < 1.29 is 17.7 Å². The van der Waals surface area contributed by atoms with Gasteiger partial charge in [-0.25, -0.2) is 8.42 Å². The average Bonchev–Trinajstić information content (AvgIpc) is 3.15. The molecule has 0 radical (unpaired) electrons. The van der Waals surface area contributed by atoms with E-state index in [0.717, 1.165) is 81.4 Å². The van der Waals surface area contributed by atoms with Gasteiger partial charge < -0.3 is 14.7 Å². The van der Waals surface area contributed by atoms with E-state index >= 15 is 0 Å². The predicted molar refractivity (Wildman–Crippen MR) is 126 cm³/mol. The van der Waals surface area contributed by atoms with E-state index in [9.17, 15) is 13.2 Å². The first kappa shape index (κ1) is 23.0. The fourth-order valence-electron chi connectivity index (χ4n) is 4.91. The summed E-state index contributed by atoms with van der Waals surface area (Å²) in [6.45, 7) is 7.11. The van der Waals surface area contributed by atoms with E-state index in [0.29, 0.717) is 5.92 Å². The Morgan fingerprint density at radius 3 is 2.56 bits per heavy atom. The first-order valence-electron chi connectivity index (χ1n) is 11.6. The van der Waals surface area contributed by atoms with E-state index in [1.807, 2.05) is 6.07 Å². The largest absolute Gasteiger partial charge is 0.354 e. The zero-order chi connectivity index (χ0) is 22.7. The molecule has 0 bridgehead atoms. The molecule has 1 aromatic heterocycles. The third-order valence-electron chi connectivity index (χ3n) is 6.74. The van der Waals surface area contributed by atoms with Crippen LogP contribution in [0, 0.1) is 12.8 Å². The zero-order valence-corrected chi connectivity index (χ0v) is 19.9. The number of fused-ring (bicyclic) bond motifs is 1. The van der Waals surface area contributed by atoms with Crippen molar-refractivity contribution in [2.45, 2.75) is 45.1 Å². The number of nitrogens with one attached hydrogen (secondary N) is 1. The number of carbonyl (C=O) groups excluding carboxylic acids is 1.